The third kappa shape index (κ3) is 5.84. The molecule has 0 aliphatic carbocycles. The number of hydrogen-bond donors (Lipinski definition) is 1. The van der Waals surface area contributed by atoms with Gasteiger partial charge in [0.15, 0.2) is 0 Å². The first kappa shape index (κ1) is 14.9. The molecule has 3 nitrogen and oxygen atoms in total. The third-order valence-corrected chi connectivity index (χ3v) is 3.56. The van der Waals surface area contributed by atoms with Crippen molar-refractivity contribution in [3.05, 3.63) is 0 Å². The molecule has 0 aromatic rings. The Morgan fingerprint density at radius 3 is 2.71 bits per heavy atom. The van der Waals surface area contributed by atoms with Crippen molar-refractivity contribution in [2.24, 2.45) is 5.92 Å². The molecule has 17 heavy (non-hydrogen) atoms. The van der Waals surface area contributed by atoms with Crippen LogP contribution in [0.1, 0.15) is 41.0 Å². The van der Waals surface area contributed by atoms with Crippen molar-refractivity contribution >= 4 is 0 Å². The van der Waals surface area contributed by atoms with Crippen LogP contribution in [0.4, 0.5) is 0 Å². The highest BCUT2D eigenvalue weighted by molar-refractivity contribution is 4.81. The number of rotatable bonds is 5. The summed E-state index contributed by atoms with van der Waals surface area (Å²) in [5.41, 5.74) is -0.00977. The first-order chi connectivity index (χ1) is 7.92. The van der Waals surface area contributed by atoms with Gasteiger partial charge in [-0.3, -0.25) is 4.90 Å². The van der Waals surface area contributed by atoms with Crippen LogP contribution in [-0.4, -0.2) is 49.3 Å². The van der Waals surface area contributed by atoms with E-state index < -0.39 is 0 Å². The summed E-state index contributed by atoms with van der Waals surface area (Å²) in [6.07, 6.45) is 1.25. The molecule has 2 atom stereocenters. The molecule has 3 heteroatoms. The Morgan fingerprint density at radius 2 is 2.12 bits per heavy atom. The Kier molecular flexibility index (Phi) is 5.90. The molecule has 0 aromatic carbocycles. The fourth-order valence-corrected chi connectivity index (χ4v) is 2.19. The Morgan fingerprint density at radius 1 is 1.41 bits per heavy atom. The number of ether oxygens (including phenoxy) is 1. The van der Waals surface area contributed by atoms with Crippen molar-refractivity contribution < 1.29 is 4.74 Å². The fraction of sp³-hybridized carbons (Fsp3) is 1.00. The van der Waals surface area contributed by atoms with E-state index in [1.54, 1.807) is 0 Å². The van der Waals surface area contributed by atoms with Crippen LogP contribution in [0.2, 0.25) is 0 Å². The maximum absolute atomic E-state index is 5.79. The summed E-state index contributed by atoms with van der Waals surface area (Å²) in [5, 5.41) is 3.62. The number of nitrogens with zero attached hydrogens (tertiary/aromatic N) is 1. The molecule has 1 rings (SSSR count). The highest BCUT2D eigenvalue weighted by Gasteiger charge is 2.23. The molecule has 102 valence electrons. The SMILES string of the molecule is CCC(C)C1CN(CCOC(C)(C)C)CCN1. The molecule has 0 saturated carbocycles. The summed E-state index contributed by atoms with van der Waals surface area (Å²) in [4.78, 5) is 2.53. The highest BCUT2D eigenvalue weighted by atomic mass is 16.5. The molecular formula is C14H30N2O. The van der Waals surface area contributed by atoms with Crippen molar-refractivity contribution in [2.45, 2.75) is 52.7 Å². The van der Waals surface area contributed by atoms with Gasteiger partial charge in [-0.05, 0) is 26.7 Å². The standard InChI is InChI=1S/C14H30N2O/c1-6-12(2)13-11-16(8-7-15-13)9-10-17-14(3,4)5/h12-13,15H,6-11H2,1-5H3. The predicted octanol–water partition coefficient (Wildman–Crippen LogP) is 2.12. The summed E-state index contributed by atoms with van der Waals surface area (Å²) in [6, 6.07) is 0.656. The first-order valence-electron chi connectivity index (χ1n) is 7.02. The molecule has 0 radical (unpaired) electrons. The van der Waals surface area contributed by atoms with E-state index in [1.807, 2.05) is 0 Å². The normalized spacial score (nSPS) is 24.9. The highest BCUT2D eigenvalue weighted by Crippen LogP contribution is 2.12. The molecule has 0 amide bonds. The van der Waals surface area contributed by atoms with Crippen LogP contribution in [0.5, 0.6) is 0 Å². The van der Waals surface area contributed by atoms with Crippen molar-refractivity contribution in [1.82, 2.24) is 10.2 Å². The van der Waals surface area contributed by atoms with E-state index >= 15 is 0 Å². The smallest absolute Gasteiger partial charge is 0.0600 e. The van der Waals surface area contributed by atoms with Gasteiger partial charge in [-0.15, -0.1) is 0 Å². The summed E-state index contributed by atoms with van der Waals surface area (Å²) in [5.74, 6) is 0.765. The van der Waals surface area contributed by atoms with E-state index in [0.29, 0.717) is 6.04 Å². The van der Waals surface area contributed by atoms with E-state index in [9.17, 15) is 0 Å². The lowest BCUT2D eigenvalue weighted by Gasteiger charge is -2.36. The summed E-state index contributed by atoms with van der Waals surface area (Å²) >= 11 is 0. The zero-order valence-electron chi connectivity index (χ0n) is 12.3. The second-order valence-corrected chi connectivity index (χ2v) is 6.21. The van der Waals surface area contributed by atoms with Gasteiger partial charge in [0.2, 0.25) is 0 Å². The first-order valence-corrected chi connectivity index (χ1v) is 7.02. The van der Waals surface area contributed by atoms with Crippen molar-refractivity contribution in [3.8, 4) is 0 Å². The molecule has 0 bridgehead atoms. The molecule has 1 fully saturated rings. The molecule has 1 saturated heterocycles. The van der Waals surface area contributed by atoms with E-state index in [2.05, 4.69) is 44.8 Å². The van der Waals surface area contributed by atoms with Crippen molar-refractivity contribution in [2.75, 3.05) is 32.8 Å². The minimum Gasteiger partial charge on any atom is -0.375 e. The van der Waals surface area contributed by atoms with Crippen molar-refractivity contribution in [1.29, 1.82) is 0 Å². The Balaban J connectivity index is 2.25. The van der Waals surface area contributed by atoms with Gasteiger partial charge in [-0.2, -0.15) is 0 Å². The maximum Gasteiger partial charge on any atom is 0.0600 e. The Hall–Kier alpha value is -0.120. The summed E-state index contributed by atoms with van der Waals surface area (Å²) < 4.78 is 5.79. The monoisotopic (exact) mass is 242 g/mol. The minimum atomic E-state index is -0.00977. The molecule has 1 aliphatic heterocycles. The van der Waals surface area contributed by atoms with Crippen LogP contribution in [-0.2, 0) is 4.74 Å². The average Bonchev–Trinajstić information content (AvgIpc) is 2.27. The van der Waals surface area contributed by atoms with Gasteiger partial charge in [-0.25, -0.2) is 0 Å². The number of piperazine rings is 1. The Labute approximate surface area is 107 Å². The lowest BCUT2D eigenvalue weighted by molar-refractivity contribution is -0.0164. The van der Waals surface area contributed by atoms with E-state index in [0.717, 1.165) is 32.2 Å². The van der Waals surface area contributed by atoms with E-state index in [1.165, 1.54) is 13.0 Å². The van der Waals surface area contributed by atoms with Gasteiger partial charge in [0.05, 0.1) is 12.2 Å². The average molecular weight is 242 g/mol. The largest absolute Gasteiger partial charge is 0.375 e. The van der Waals surface area contributed by atoms with Crippen LogP contribution in [0.3, 0.4) is 0 Å². The van der Waals surface area contributed by atoms with Crippen LogP contribution in [0.15, 0.2) is 0 Å². The molecule has 2 unspecified atom stereocenters. The van der Waals surface area contributed by atoms with Gasteiger partial charge in [0.1, 0.15) is 0 Å². The maximum atomic E-state index is 5.79. The zero-order chi connectivity index (χ0) is 12.9. The van der Waals surface area contributed by atoms with Crippen LogP contribution in [0, 0.1) is 5.92 Å². The van der Waals surface area contributed by atoms with Gasteiger partial charge >= 0.3 is 0 Å². The molecule has 0 aromatic heterocycles. The van der Waals surface area contributed by atoms with Gasteiger partial charge in [0.25, 0.3) is 0 Å². The third-order valence-electron chi connectivity index (χ3n) is 3.56. The second-order valence-electron chi connectivity index (χ2n) is 6.21. The molecule has 1 heterocycles. The van der Waals surface area contributed by atoms with Crippen LogP contribution < -0.4 is 5.32 Å². The fourth-order valence-electron chi connectivity index (χ4n) is 2.19. The van der Waals surface area contributed by atoms with Gasteiger partial charge in [-0.1, -0.05) is 20.3 Å². The van der Waals surface area contributed by atoms with Gasteiger partial charge < -0.3 is 10.1 Å². The lowest BCUT2D eigenvalue weighted by Crippen LogP contribution is -2.53. The van der Waals surface area contributed by atoms with E-state index in [-0.39, 0.29) is 5.60 Å². The molecular weight excluding hydrogens is 212 g/mol. The minimum absolute atomic E-state index is 0.00977. The predicted molar refractivity (Wildman–Crippen MR) is 73.4 cm³/mol. The number of hydrogen-bond acceptors (Lipinski definition) is 3. The molecule has 0 spiro atoms. The lowest BCUT2D eigenvalue weighted by atomic mass is 9.97. The Bertz CT molecular complexity index is 213. The summed E-state index contributed by atoms with van der Waals surface area (Å²) in [7, 11) is 0. The molecule has 1 N–H and O–H groups in total. The number of nitrogens with one attached hydrogen (secondary N) is 1. The summed E-state index contributed by atoms with van der Waals surface area (Å²) in [6.45, 7) is 16.3. The topological polar surface area (TPSA) is 24.5 Å². The second kappa shape index (κ2) is 6.72. The van der Waals surface area contributed by atoms with Crippen LogP contribution >= 0.6 is 0 Å². The van der Waals surface area contributed by atoms with E-state index in [4.69, 9.17) is 4.74 Å². The quantitative estimate of drug-likeness (QED) is 0.799. The zero-order valence-corrected chi connectivity index (χ0v) is 12.3. The van der Waals surface area contributed by atoms with Crippen molar-refractivity contribution in [3.63, 3.8) is 0 Å². The molecule has 1 aliphatic rings. The van der Waals surface area contributed by atoms with Gasteiger partial charge in [0, 0.05) is 32.2 Å². The van der Waals surface area contributed by atoms with Crippen LogP contribution in [0.25, 0.3) is 0 Å².